The molecule has 5 nitrogen and oxygen atoms in total. The van der Waals surface area contributed by atoms with Crippen molar-refractivity contribution in [2.75, 3.05) is 6.54 Å². The molecule has 1 amide bonds. The number of rotatable bonds is 4. The van der Waals surface area contributed by atoms with Gasteiger partial charge in [0.05, 0.1) is 5.56 Å². The van der Waals surface area contributed by atoms with Crippen LogP contribution in [0.1, 0.15) is 16.2 Å². The summed E-state index contributed by atoms with van der Waals surface area (Å²) >= 11 is 3.20. The van der Waals surface area contributed by atoms with Crippen LogP contribution >= 0.6 is 15.9 Å². The number of carbonyl (C=O) groups excluding carboxylic acids is 1. The second kappa shape index (κ2) is 5.92. The van der Waals surface area contributed by atoms with Gasteiger partial charge in [-0.3, -0.25) is 9.48 Å². The summed E-state index contributed by atoms with van der Waals surface area (Å²) < 4.78 is 15.7. The van der Waals surface area contributed by atoms with Crippen molar-refractivity contribution >= 4 is 21.8 Å². The van der Waals surface area contributed by atoms with Gasteiger partial charge in [-0.25, -0.2) is 9.37 Å². The molecule has 0 spiro atoms. The number of amides is 1. The number of aromatic nitrogens is 3. The van der Waals surface area contributed by atoms with Crippen molar-refractivity contribution in [2.24, 2.45) is 7.05 Å². The lowest BCUT2D eigenvalue weighted by Gasteiger charge is -2.05. The van der Waals surface area contributed by atoms with Gasteiger partial charge in [-0.1, -0.05) is 15.9 Å². The molecule has 0 aliphatic rings. The molecular formula is C12H12BrFN4O. The van der Waals surface area contributed by atoms with Crippen LogP contribution in [0.4, 0.5) is 4.39 Å². The predicted molar refractivity (Wildman–Crippen MR) is 71.1 cm³/mol. The molecule has 0 saturated heterocycles. The van der Waals surface area contributed by atoms with Gasteiger partial charge >= 0.3 is 0 Å². The number of nitrogens with zero attached hydrogens (tertiary/aromatic N) is 3. The Balaban J connectivity index is 1.92. The molecule has 1 aromatic heterocycles. The predicted octanol–water partition coefficient (Wildman–Crippen LogP) is 1.69. The van der Waals surface area contributed by atoms with E-state index in [1.54, 1.807) is 24.1 Å². The zero-order chi connectivity index (χ0) is 13.8. The first kappa shape index (κ1) is 13.7. The van der Waals surface area contributed by atoms with E-state index in [0.717, 1.165) is 0 Å². The summed E-state index contributed by atoms with van der Waals surface area (Å²) in [6.07, 6.45) is 2.09. The molecule has 0 aliphatic carbocycles. The van der Waals surface area contributed by atoms with Gasteiger partial charge in [0.1, 0.15) is 12.1 Å². The summed E-state index contributed by atoms with van der Waals surface area (Å²) in [4.78, 5) is 15.8. The molecule has 7 heteroatoms. The number of hydrogen-bond acceptors (Lipinski definition) is 3. The highest BCUT2D eigenvalue weighted by Gasteiger charge is 2.11. The van der Waals surface area contributed by atoms with E-state index in [9.17, 15) is 9.18 Å². The Morgan fingerprint density at radius 1 is 1.53 bits per heavy atom. The molecular weight excluding hydrogens is 315 g/mol. The molecule has 1 aromatic carbocycles. The SMILES string of the molecule is Cn1cnc(CCNC(=O)c2cc(Br)ccc2F)n1. The minimum atomic E-state index is -0.545. The molecule has 0 fully saturated rings. The van der Waals surface area contributed by atoms with Gasteiger partial charge in [-0.2, -0.15) is 5.10 Å². The third kappa shape index (κ3) is 3.60. The standard InChI is InChI=1S/C12H12BrFN4O/c1-18-7-16-11(17-18)4-5-15-12(19)9-6-8(13)2-3-10(9)14/h2-3,6-7H,4-5H2,1H3,(H,15,19). The monoisotopic (exact) mass is 326 g/mol. The van der Waals surface area contributed by atoms with Gasteiger partial charge in [0, 0.05) is 24.5 Å². The summed E-state index contributed by atoms with van der Waals surface area (Å²) in [6.45, 7) is 0.356. The molecule has 2 aromatic rings. The molecule has 0 unspecified atom stereocenters. The van der Waals surface area contributed by atoms with Gasteiger partial charge in [-0.05, 0) is 18.2 Å². The zero-order valence-electron chi connectivity index (χ0n) is 10.2. The Kier molecular flexibility index (Phi) is 4.26. The summed E-state index contributed by atoms with van der Waals surface area (Å²) in [5, 5.41) is 6.72. The number of halogens is 2. The van der Waals surface area contributed by atoms with Gasteiger partial charge in [0.15, 0.2) is 5.82 Å². The van der Waals surface area contributed by atoms with E-state index in [0.29, 0.717) is 23.3 Å². The topological polar surface area (TPSA) is 59.8 Å². The molecule has 1 N–H and O–H groups in total. The number of aryl methyl sites for hydroxylation is 1. The van der Waals surface area contributed by atoms with Gasteiger partial charge < -0.3 is 5.32 Å². The highest BCUT2D eigenvalue weighted by molar-refractivity contribution is 9.10. The summed E-state index contributed by atoms with van der Waals surface area (Å²) in [5.41, 5.74) is 0.0170. The smallest absolute Gasteiger partial charge is 0.254 e. The third-order valence-electron chi connectivity index (χ3n) is 2.45. The Hall–Kier alpha value is -1.76. The van der Waals surface area contributed by atoms with E-state index >= 15 is 0 Å². The van der Waals surface area contributed by atoms with Crippen molar-refractivity contribution in [3.8, 4) is 0 Å². The van der Waals surface area contributed by atoms with Crippen molar-refractivity contribution in [1.82, 2.24) is 20.1 Å². The Bertz CT molecular complexity index is 599. The lowest BCUT2D eigenvalue weighted by Crippen LogP contribution is -2.26. The Morgan fingerprint density at radius 2 is 2.32 bits per heavy atom. The van der Waals surface area contributed by atoms with E-state index in [4.69, 9.17) is 0 Å². The van der Waals surface area contributed by atoms with Crippen LogP contribution in [0.5, 0.6) is 0 Å². The van der Waals surface area contributed by atoms with Crippen LogP contribution in [-0.4, -0.2) is 27.2 Å². The fraction of sp³-hybridized carbons (Fsp3) is 0.250. The van der Waals surface area contributed by atoms with Crippen LogP contribution < -0.4 is 5.32 Å². The first-order valence-electron chi connectivity index (χ1n) is 5.64. The van der Waals surface area contributed by atoms with Gasteiger partial charge in [-0.15, -0.1) is 0 Å². The van der Waals surface area contributed by atoms with E-state index in [-0.39, 0.29) is 5.56 Å². The van der Waals surface area contributed by atoms with Gasteiger partial charge in [0.2, 0.25) is 0 Å². The minimum Gasteiger partial charge on any atom is -0.351 e. The number of carbonyl (C=O) groups is 1. The van der Waals surface area contributed by atoms with Crippen LogP contribution in [-0.2, 0) is 13.5 Å². The van der Waals surface area contributed by atoms with Crippen LogP contribution in [0.2, 0.25) is 0 Å². The molecule has 100 valence electrons. The molecule has 0 radical (unpaired) electrons. The van der Waals surface area contributed by atoms with Crippen LogP contribution in [0.25, 0.3) is 0 Å². The summed E-state index contributed by atoms with van der Waals surface area (Å²) in [7, 11) is 1.77. The van der Waals surface area contributed by atoms with Crippen molar-refractivity contribution in [3.05, 3.63) is 46.2 Å². The maximum atomic E-state index is 13.5. The van der Waals surface area contributed by atoms with E-state index in [1.807, 2.05) is 0 Å². The van der Waals surface area contributed by atoms with Crippen molar-refractivity contribution in [3.63, 3.8) is 0 Å². The average molecular weight is 327 g/mol. The maximum Gasteiger partial charge on any atom is 0.254 e. The second-order valence-electron chi connectivity index (χ2n) is 3.96. The minimum absolute atomic E-state index is 0.0170. The largest absolute Gasteiger partial charge is 0.351 e. The number of benzene rings is 1. The number of hydrogen-bond donors (Lipinski definition) is 1. The molecule has 0 atom stereocenters. The zero-order valence-corrected chi connectivity index (χ0v) is 11.8. The Labute approximate surface area is 118 Å². The fourth-order valence-corrected chi connectivity index (χ4v) is 1.91. The molecule has 0 aliphatic heterocycles. The van der Waals surface area contributed by atoms with Crippen LogP contribution in [0.3, 0.4) is 0 Å². The molecule has 0 bridgehead atoms. The lowest BCUT2D eigenvalue weighted by atomic mass is 10.2. The van der Waals surface area contributed by atoms with Crippen molar-refractivity contribution in [1.29, 1.82) is 0 Å². The van der Waals surface area contributed by atoms with Crippen molar-refractivity contribution < 1.29 is 9.18 Å². The van der Waals surface area contributed by atoms with E-state index in [2.05, 4.69) is 31.3 Å². The second-order valence-corrected chi connectivity index (χ2v) is 4.88. The first-order chi connectivity index (χ1) is 9.06. The van der Waals surface area contributed by atoms with Gasteiger partial charge in [0.25, 0.3) is 5.91 Å². The molecule has 0 saturated carbocycles. The molecule has 2 rings (SSSR count). The maximum absolute atomic E-state index is 13.5. The molecule has 19 heavy (non-hydrogen) atoms. The average Bonchev–Trinajstić information content (AvgIpc) is 2.78. The Morgan fingerprint density at radius 3 is 3.00 bits per heavy atom. The summed E-state index contributed by atoms with van der Waals surface area (Å²) in [5.74, 6) is -0.357. The third-order valence-corrected chi connectivity index (χ3v) is 2.95. The first-order valence-corrected chi connectivity index (χ1v) is 6.43. The summed E-state index contributed by atoms with van der Waals surface area (Å²) in [6, 6.07) is 4.24. The van der Waals surface area contributed by atoms with E-state index < -0.39 is 11.7 Å². The highest BCUT2D eigenvalue weighted by atomic mass is 79.9. The fourth-order valence-electron chi connectivity index (χ4n) is 1.55. The van der Waals surface area contributed by atoms with Crippen LogP contribution in [0.15, 0.2) is 29.0 Å². The van der Waals surface area contributed by atoms with Crippen molar-refractivity contribution in [2.45, 2.75) is 6.42 Å². The lowest BCUT2D eigenvalue weighted by molar-refractivity contribution is 0.0950. The highest BCUT2D eigenvalue weighted by Crippen LogP contribution is 2.15. The quantitative estimate of drug-likeness (QED) is 0.930. The normalized spacial score (nSPS) is 10.5. The number of nitrogens with one attached hydrogen (secondary N) is 1. The van der Waals surface area contributed by atoms with Crippen LogP contribution in [0, 0.1) is 5.82 Å². The molecule has 1 heterocycles. The van der Waals surface area contributed by atoms with E-state index in [1.165, 1.54) is 12.1 Å².